The highest BCUT2D eigenvalue weighted by atomic mass is 32.2. The zero-order chi connectivity index (χ0) is 19.6. The smallest absolute Gasteiger partial charge is 0.282 e. The predicted molar refractivity (Wildman–Crippen MR) is 92.1 cm³/mol. The molecular formula is C17H14F3N3O3S. The van der Waals surface area contributed by atoms with Crippen molar-refractivity contribution in [2.75, 3.05) is 11.9 Å². The largest absolute Gasteiger partial charge is 0.497 e. The molecule has 0 unspecified atom stereocenters. The third-order valence-electron chi connectivity index (χ3n) is 3.66. The first-order valence-corrected chi connectivity index (χ1v) is 9.10. The monoisotopic (exact) mass is 397 g/mol. The molecular weight excluding hydrogens is 383 g/mol. The van der Waals surface area contributed by atoms with E-state index < -0.39 is 28.0 Å². The molecule has 0 bridgehead atoms. The first-order valence-electron chi connectivity index (χ1n) is 7.61. The SMILES string of the molecule is COc1ccc(-c2cc(C(F)F)nn2NS(=O)(=O)c2ccccc2)c(F)c1. The summed E-state index contributed by atoms with van der Waals surface area (Å²) in [5.74, 6) is -0.559. The Kier molecular flexibility index (Phi) is 5.08. The molecule has 27 heavy (non-hydrogen) atoms. The number of benzene rings is 2. The average molecular weight is 397 g/mol. The van der Waals surface area contributed by atoms with Crippen LogP contribution in [0.5, 0.6) is 5.75 Å². The van der Waals surface area contributed by atoms with Crippen molar-refractivity contribution in [2.24, 2.45) is 0 Å². The molecule has 0 saturated heterocycles. The van der Waals surface area contributed by atoms with E-state index in [9.17, 15) is 21.6 Å². The molecule has 1 N–H and O–H groups in total. The van der Waals surface area contributed by atoms with E-state index in [1.807, 2.05) is 0 Å². The summed E-state index contributed by atoms with van der Waals surface area (Å²) in [6.45, 7) is 0. The van der Waals surface area contributed by atoms with Gasteiger partial charge in [0.1, 0.15) is 17.3 Å². The van der Waals surface area contributed by atoms with Crippen LogP contribution >= 0.6 is 0 Å². The molecule has 0 saturated carbocycles. The minimum absolute atomic E-state index is 0.0970. The summed E-state index contributed by atoms with van der Waals surface area (Å²) in [5.41, 5.74) is -0.994. The van der Waals surface area contributed by atoms with Crippen LogP contribution in [0.25, 0.3) is 11.3 Å². The fourth-order valence-corrected chi connectivity index (χ4v) is 3.35. The number of aromatic nitrogens is 2. The minimum atomic E-state index is -4.12. The summed E-state index contributed by atoms with van der Waals surface area (Å²) in [6, 6.07) is 12.0. The van der Waals surface area contributed by atoms with Crippen molar-refractivity contribution in [2.45, 2.75) is 11.3 Å². The van der Waals surface area contributed by atoms with Gasteiger partial charge in [0, 0.05) is 11.6 Å². The van der Waals surface area contributed by atoms with Crippen molar-refractivity contribution in [3.8, 4) is 17.0 Å². The van der Waals surface area contributed by atoms with Gasteiger partial charge >= 0.3 is 0 Å². The molecule has 0 atom stereocenters. The molecule has 0 amide bonds. The van der Waals surface area contributed by atoms with Gasteiger partial charge in [0.15, 0.2) is 0 Å². The Balaban J connectivity index is 2.08. The molecule has 3 aromatic rings. The second kappa shape index (κ2) is 7.31. The molecule has 1 heterocycles. The molecule has 6 nitrogen and oxygen atoms in total. The zero-order valence-corrected chi connectivity index (χ0v) is 14.8. The highest BCUT2D eigenvalue weighted by Gasteiger charge is 2.22. The first kappa shape index (κ1) is 18.8. The number of nitrogens with one attached hydrogen (secondary N) is 1. The lowest BCUT2D eigenvalue weighted by atomic mass is 10.1. The van der Waals surface area contributed by atoms with E-state index >= 15 is 0 Å². The van der Waals surface area contributed by atoms with Crippen LogP contribution in [0.1, 0.15) is 12.1 Å². The standard InChI is InChI=1S/C17H14F3N3O3S/c1-26-11-7-8-13(14(18)9-11)16-10-15(17(19)20)21-23(16)22-27(24,25)12-5-3-2-4-6-12/h2-10,17,22H,1H3. The summed E-state index contributed by atoms with van der Waals surface area (Å²) >= 11 is 0. The molecule has 0 radical (unpaired) electrons. The number of ether oxygens (including phenoxy) is 1. The molecule has 2 aromatic carbocycles. The van der Waals surface area contributed by atoms with Crippen LogP contribution in [0.4, 0.5) is 13.2 Å². The third kappa shape index (κ3) is 3.90. The average Bonchev–Trinajstić information content (AvgIpc) is 3.05. The van der Waals surface area contributed by atoms with E-state index in [4.69, 9.17) is 4.74 Å². The van der Waals surface area contributed by atoms with Crippen molar-refractivity contribution in [3.63, 3.8) is 0 Å². The fraction of sp³-hybridized carbons (Fsp3) is 0.118. The number of alkyl halides is 2. The van der Waals surface area contributed by atoms with E-state index in [1.54, 1.807) is 6.07 Å². The van der Waals surface area contributed by atoms with Gasteiger partial charge in [0.2, 0.25) is 0 Å². The zero-order valence-electron chi connectivity index (χ0n) is 13.9. The van der Waals surface area contributed by atoms with E-state index in [0.29, 0.717) is 4.79 Å². The van der Waals surface area contributed by atoms with Crippen molar-refractivity contribution in [1.82, 2.24) is 9.89 Å². The lowest BCUT2D eigenvalue weighted by Gasteiger charge is -2.12. The Bertz CT molecular complexity index is 1050. The number of sulfonamides is 1. The maximum atomic E-state index is 14.4. The van der Waals surface area contributed by atoms with Gasteiger partial charge in [-0.05, 0) is 30.3 Å². The Morgan fingerprint density at radius 1 is 1.11 bits per heavy atom. The Labute approximate surface area is 153 Å². The molecule has 0 fully saturated rings. The van der Waals surface area contributed by atoms with E-state index in [0.717, 1.165) is 12.1 Å². The van der Waals surface area contributed by atoms with Crippen LogP contribution in [0.15, 0.2) is 59.5 Å². The highest BCUT2D eigenvalue weighted by Crippen LogP contribution is 2.29. The lowest BCUT2D eigenvalue weighted by Crippen LogP contribution is -2.25. The summed E-state index contributed by atoms with van der Waals surface area (Å²) in [5, 5.41) is 3.56. The molecule has 142 valence electrons. The van der Waals surface area contributed by atoms with E-state index in [-0.39, 0.29) is 21.9 Å². The minimum Gasteiger partial charge on any atom is -0.497 e. The van der Waals surface area contributed by atoms with Crippen LogP contribution in [-0.4, -0.2) is 25.4 Å². The van der Waals surface area contributed by atoms with Crippen LogP contribution in [0, 0.1) is 5.82 Å². The van der Waals surface area contributed by atoms with Gasteiger partial charge in [-0.25, -0.2) is 13.2 Å². The summed E-state index contributed by atoms with van der Waals surface area (Å²) in [4.78, 5) is 2.60. The molecule has 3 rings (SSSR count). The van der Waals surface area contributed by atoms with Crippen LogP contribution in [-0.2, 0) is 10.0 Å². The van der Waals surface area contributed by atoms with Crippen molar-refractivity contribution in [1.29, 1.82) is 0 Å². The van der Waals surface area contributed by atoms with Crippen molar-refractivity contribution in [3.05, 3.63) is 66.1 Å². The second-order valence-corrected chi connectivity index (χ2v) is 7.08. The van der Waals surface area contributed by atoms with Gasteiger partial charge in [-0.3, -0.25) is 0 Å². The Hall–Kier alpha value is -3.01. The molecule has 0 aliphatic carbocycles. The van der Waals surface area contributed by atoms with E-state index in [1.165, 1.54) is 43.5 Å². The maximum Gasteiger partial charge on any atom is 0.282 e. The number of nitrogens with zero attached hydrogens (tertiary/aromatic N) is 2. The van der Waals surface area contributed by atoms with Gasteiger partial charge in [-0.15, -0.1) is 0 Å². The molecule has 1 aromatic heterocycles. The maximum absolute atomic E-state index is 14.4. The van der Waals surface area contributed by atoms with Crippen LogP contribution in [0.2, 0.25) is 0 Å². The Morgan fingerprint density at radius 3 is 2.41 bits per heavy atom. The predicted octanol–water partition coefficient (Wildman–Crippen LogP) is 3.57. The normalized spacial score (nSPS) is 11.6. The summed E-state index contributed by atoms with van der Waals surface area (Å²) in [6.07, 6.45) is -2.97. The quantitative estimate of drug-likeness (QED) is 0.690. The number of hydrogen-bond donors (Lipinski definition) is 1. The van der Waals surface area contributed by atoms with Crippen LogP contribution < -0.4 is 9.57 Å². The molecule has 0 spiro atoms. The van der Waals surface area contributed by atoms with Gasteiger partial charge in [0.05, 0.1) is 17.7 Å². The van der Waals surface area contributed by atoms with E-state index in [2.05, 4.69) is 9.93 Å². The van der Waals surface area contributed by atoms with Gasteiger partial charge in [0.25, 0.3) is 16.4 Å². The molecule has 0 aliphatic heterocycles. The number of hydrogen-bond acceptors (Lipinski definition) is 4. The summed E-state index contributed by atoms with van der Waals surface area (Å²) in [7, 11) is -2.77. The lowest BCUT2D eigenvalue weighted by molar-refractivity contribution is 0.145. The Morgan fingerprint density at radius 2 is 1.81 bits per heavy atom. The van der Waals surface area contributed by atoms with Gasteiger partial charge in [-0.1, -0.05) is 18.2 Å². The van der Waals surface area contributed by atoms with Crippen molar-refractivity contribution >= 4 is 10.0 Å². The topological polar surface area (TPSA) is 73.2 Å². The molecule has 0 aliphatic rings. The number of methoxy groups -OCH3 is 1. The third-order valence-corrected chi connectivity index (χ3v) is 4.97. The van der Waals surface area contributed by atoms with Gasteiger partial charge < -0.3 is 4.74 Å². The summed E-state index contributed by atoms with van der Waals surface area (Å²) < 4.78 is 70.4. The number of halogens is 3. The number of rotatable bonds is 6. The fourth-order valence-electron chi connectivity index (χ4n) is 2.36. The van der Waals surface area contributed by atoms with Gasteiger partial charge in [-0.2, -0.15) is 23.1 Å². The first-order chi connectivity index (χ1) is 12.8. The second-order valence-electron chi connectivity index (χ2n) is 5.42. The molecule has 10 heteroatoms. The van der Waals surface area contributed by atoms with Crippen molar-refractivity contribution < 1.29 is 26.3 Å². The van der Waals surface area contributed by atoms with Crippen LogP contribution in [0.3, 0.4) is 0 Å². The highest BCUT2D eigenvalue weighted by molar-refractivity contribution is 7.92.